The van der Waals surface area contributed by atoms with Gasteiger partial charge in [-0.15, -0.1) is 0 Å². The second-order valence-corrected chi connectivity index (χ2v) is 2.07. The van der Waals surface area contributed by atoms with Crippen LogP contribution < -0.4 is 5.32 Å². The van der Waals surface area contributed by atoms with E-state index in [0.29, 0.717) is 0 Å². The number of hydrogen-bond donors (Lipinski definition) is 1. The van der Waals surface area contributed by atoms with E-state index in [0.717, 1.165) is 13.1 Å². The highest BCUT2D eigenvalue weighted by Crippen LogP contribution is 1.92. The summed E-state index contributed by atoms with van der Waals surface area (Å²) in [7, 11) is 0. The molecule has 0 aromatic rings. The first-order valence-corrected chi connectivity index (χ1v) is 2.92. The number of nitrogens with one attached hydrogen (secondary N) is 1. The van der Waals surface area contributed by atoms with Crippen molar-refractivity contribution in [3.63, 3.8) is 0 Å². The van der Waals surface area contributed by atoms with Gasteiger partial charge in [0.15, 0.2) is 0 Å². The summed E-state index contributed by atoms with van der Waals surface area (Å²) in [6, 6.07) is 0. The van der Waals surface area contributed by atoms with Gasteiger partial charge in [-0.25, -0.2) is 0 Å². The van der Waals surface area contributed by atoms with Crippen molar-refractivity contribution in [3.8, 4) is 0 Å². The third-order valence-corrected chi connectivity index (χ3v) is 1.18. The van der Waals surface area contributed by atoms with Crippen molar-refractivity contribution in [3.05, 3.63) is 23.8 Å². The Labute approximate surface area is 50.1 Å². The van der Waals surface area contributed by atoms with Crippen molar-refractivity contribution in [1.82, 2.24) is 5.32 Å². The molecule has 0 atom stereocenters. The van der Waals surface area contributed by atoms with E-state index in [1.165, 1.54) is 5.57 Å². The normalized spacial score (nSPS) is 19.9. The van der Waals surface area contributed by atoms with E-state index in [2.05, 4.69) is 30.5 Å². The van der Waals surface area contributed by atoms with E-state index < -0.39 is 0 Å². The lowest BCUT2D eigenvalue weighted by molar-refractivity contribution is 0.821. The van der Waals surface area contributed by atoms with E-state index in [9.17, 15) is 0 Å². The quantitative estimate of drug-likeness (QED) is 0.491. The third kappa shape index (κ3) is 1.51. The molecule has 0 saturated carbocycles. The van der Waals surface area contributed by atoms with Gasteiger partial charge in [0.05, 0.1) is 0 Å². The molecule has 1 N–H and O–H groups in total. The summed E-state index contributed by atoms with van der Waals surface area (Å²) in [5.41, 5.74) is 1.40. The van der Waals surface area contributed by atoms with Crippen LogP contribution in [0.25, 0.3) is 0 Å². The van der Waals surface area contributed by atoms with Gasteiger partial charge in [-0.2, -0.15) is 0 Å². The summed E-state index contributed by atoms with van der Waals surface area (Å²) in [5, 5.41) is 3.24. The van der Waals surface area contributed by atoms with Gasteiger partial charge in [0.2, 0.25) is 0 Å². The molecule has 0 unspecified atom stereocenters. The topological polar surface area (TPSA) is 12.0 Å². The fourth-order valence-corrected chi connectivity index (χ4v) is 0.712. The second kappa shape index (κ2) is 2.68. The van der Waals surface area contributed by atoms with Gasteiger partial charge in [-0.3, -0.25) is 0 Å². The van der Waals surface area contributed by atoms with E-state index in [1.807, 2.05) is 0 Å². The Morgan fingerprint density at radius 1 is 1.62 bits per heavy atom. The molecule has 1 aliphatic heterocycles. The van der Waals surface area contributed by atoms with Crippen LogP contribution in [0, 0.1) is 0 Å². The lowest BCUT2D eigenvalue weighted by Gasteiger charge is -1.95. The van der Waals surface area contributed by atoms with Gasteiger partial charge in [-0.1, -0.05) is 23.8 Å². The zero-order chi connectivity index (χ0) is 5.82. The van der Waals surface area contributed by atoms with E-state index in [4.69, 9.17) is 0 Å². The molecule has 0 bridgehead atoms. The lowest BCUT2D eigenvalue weighted by Crippen LogP contribution is -2.14. The van der Waals surface area contributed by atoms with Gasteiger partial charge in [0.25, 0.3) is 0 Å². The molecule has 0 spiro atoms. The van der Waals surface area contributed by atoms with Crippen molar-refractivity contribution >= 4 is 0 Å². The maximum absolute atomic E-state index is 3.24. The van der Waals surface area contributed by atoms with E-state index >= 15 is 0 Å². The molecule has 1 aliphatic rings. The fraction of sp³-hybridized carbons (Fsp3) is 0.429. The van der Waals surface area contributed by atoms with Crippen molar-refractivity contribution in [2.45, 2.75) is 6.92 Å². The molecule has 0 fully saturated rings. The minimum Gasteiger partial charge on any atom is -0.310 e. The summed E-state index contributed by atoms with van der Waals surface area (Å²) in [6.07, 6.45) is 6.35. The van der Waals surface area contributed by atoms with Crippen molar-refractivity contribution in [2.24, 2.45) is 0 Å². The van der Waals surface area contributed by atoms with Gasteiger partial charge >= 0.3 is 0 Å². The summed E-state index contributed by atoms with van der Waals surface area (Å²) in [6.45, 7) is 4.17. The number of allylic oxidation sites excluding steroid dienone is 2. The minimum atomic E-state index is 1.01. The lowest BCUT2D eigenvalue weighted by atomic mass is 10.3. The highest BCUT2D eigenvalue weighted by molar-refractivity contribution is 5.14. The molecule has 0 amide bonds. The van der Waals surface area contributed by atoms with Crippen LogP contribution in [-0.2, 0) is 0 Å². The SMILES string of the molecule is CC1=CC=CCNC1. The highest BCUT2D eigenvalue weighted by atomic mass is 14.8. The third-order valence-electron chi connectivity index (χ3n) is 1.18. The zero-order valence-electron chi connectivity index (χ0n) is 5.15. The molecule has 1 rings (SSSR count). The molecule has 0 radical (unpaired) electrons. The average Bonchev–Trinajstić information content (AvgIpc) is 1.94. The molecule has 1 heterocycles. The van der Waals surface area contributed by atoms with Crippen molar-refractivity contribution in [1.29, 1.82) is 0 Å². The fourth-order valence-electron chi connectivity index (χ4n) is 0.712. The number of rotatable bonds is 0. The first kappa shape index (κ1) is 5.57. The van der Waals surface area contributed by atoms with Gasteiger partial charge in [0.1, 0.15) is 0 Å². The second-order valence-electron chi connectivity index (χ2n) is 2.07. The monoisotopic (exact) mass is 109 g/mol. The summed E-state index contributed by atoms with van der Waals surface area (Å²) < 4.78 is 0. The maximum atomic E-state index is 3.24. The first-order chi connectivity index (χ1) is 3.89. The summed E-state index contributed by atoms with van der Waals surface area (Å²) >= 11 is 0. The Bertz CT molecular complexity index is 122. The van der Waals surface area contributed by atoms with Crippen LogP contribution >= 0.6 is 0 Å². The van der Waals surface area contributed by atoms with Gasteiger partial charge in [-0.05, 0) is 6.92 Å². The molecule has 0 aliphatic carbocycles. The number of hydrogen-bond acceptors (Lipinski definition) is 1. The average molecular weight is 109 g/mol. The molecule has 1 nitrogen and oxygen atoms in total. The predicted molar refractivity (Wildman–Crippen MR) is 35.8 cm³/mol. The van der Waals surface area contributed by atoms with Crippen LogP contribution in [0.15, 0.2) is 23.8 Å². The van der Waals surface area contributed by atoms with Crippen LogP contribution in [0.4, 0.5) is 0 Å². The standard InChI is InChI=1S/C7H11N/c1-7-4-2-3-5-8-6-7/h2-4,8H,5-6H2,1H3. The maximum Gasteiger partial charge on any atom is 0.0167 e. The minimum absolute atomic E-state index is 1.01. The Morgan fingerprint density at radius 3 is 3.38 bits per heavy atom. The van der Waals surface area contributed by atoms with Gasteiger partial charge in [0, 0.05) is 13.1 Å². The smallest absolute Gasteiger partial charge is 0.0167 e. The molecule has 44 valence electrons. The largest absolute Gasteiger partial charge is 0.310 e. The van der Waals surface area contributed by atoms with Crippen molar-refractivity contribution < 1.29 is 0 Å². The molecule has 1 heteroatoms. The Hall–Kier alpha value is -0.560. The van der Waals surface area contributed by atoms with E-state index in [1.54, 1.807) is 0 Å². The van der Waals surface area contributed by atoms with Crippen LogP contribution in [0.1, 0.15) is 6.92 Å². The predicted octanol–water partition coefficient (Wildman–Crippen LogP) is 1.09. The van der Waals surface area contributed by atoms with Crippen molar-refractivity contribution in [2.75, 3.05) is 13.1 Å². The first-order valence-electron chi connectivity index (χ1n) is 2.92. The van der Waals surface area contributed by atoms with Crippen LogP contribution in [0.5, 0.6) is 0 Å². The van der Waals surface area contributed by atoms with Crippen LogP contribution in [0.2, 0.25) is 0 Å². The molecular formula is C7H11N. The van der Waals surface area contributed by atoms with Gasteiger partial charge < -0.3 is 5.32 Å². The molecule has 8 heavy (non-hydrogen) atoms. The Balaban J connectivity index is 2.52. The Morgan fingerprint density at radius 2 is 2.50 bits per heavy atom. The van der Waals surface area contributed by atoms with E-state index in [-0.39, 0.29) is 0 Å². The highest BCUT2D eigenvalue weighted by Gasteiger charge is 1.88. The summed E-state index contributed by atoms with van der Waals surface area (Å²) in [4.78, 5) is 0. The zero-order valence-corrected chi connectivity index (χ0v) is 5.15. The Kier molecular flexibility index (Phi) is 1.86. The molecule has 0 saturated heterocycles. The molecular weight excluding hydrogens is 98.1 g/mol. The van der Waals surface area contributed by atoms with Crippen LogP contribution in [-0.4, -0.2) is 13.1 Å². The molecule has 0 aromatic carbocycles. The summed E-state index contributed by atoms with van der Waals surface area (Å²) in [5.74, 6) is 0. The molecule has 0 aromatic heterocycles. The van der Waals surface area contributed by atoms with Crippen LogP contribution in [0.3, 0.4) is 0 Å².